The summed E-state index contributed by atoms with van der Waals surface area (Å²) in [7, 11) is 0. The molecule has 2 aromatic heterocycles. The Labute approximate surface area is 106 Å². The summed E-state index contributed by atoms with van der Waals surface area (Å²) in [5, 5.41) is 7.82. The molecule has 0 aliphatic carbocycles. The van der Waals surface area contributed by atoms with E-state index in [1.807, 2.05) is 4.57 Å². The number of aromatic nitrogens is 4. The van der Waals surface area contributed by atoms with Gasteiger partial charge in [-0.25, -0.2) is 0 Å². The zero-order chi connectivity index (χ0) is 11.8. The number of nitrogens with one attached hydrogen (secondary N) is 1. The van der Waals surface area contributed by atoms with Gasteiger partial charge in [-0.3, -0.25) is 4.79 Å². The second kappa shape index (κ2) is 3.99. The maximum atomic E-state index is 12.2. The van der Waals surface area contributed by atoms with E-state index >= 15 is 0 Å². The van der Waals surface area contributed by atoms with Crippen LogP contribution in [0.3, 0.4) is 0 Å². The third kappa shape index (κ3) is 1.86. The summed E-state index contributed by atoms with van der Waals surface area (Å²) in [5.41, 5.74) is 0.588. The molecule has 1 amide bonds. The highest BCUT2D eigenvalue weighted by Crippen LogP contribution is 2.15. The third-order valence-electron chi connectivity index (χ3n) is 2.80. The van der Waals surface area contributed by atoms with Gasteiger partial charge in [0.1, 0.15) is 12.0 Å². The maximum absolute atomic E-state index is 12.2. The van der Waals surface area contributed by atoms with Crippen molar-refractivity contribution in [3.05, 3.63) is 34.6 Å². The zero-order valence-corrected chi connectivity index (χ0v) is 10.5. The Bertz CT molecular complexity index is 561. The molecule has 0 radical (unpaired) electrons. The highest BCUT2D eigenvalue weighted by Gasteiger charge is 2.23. The minimum Gasteiger partial charge on any atom is -0.356 e. The number of carbonyl (C=O) groups excluding carboxylic acids is 1. The number of halogens is 1. The van der Waals surface area contributed by atoms with E-state index in [9.17, 15) is 4.79 Å². The first-order valence-electron chi connectivity index (χ1n) is 5.24. The number of H-pyrrole nitrogens is 1. The van der Waals surface area contributed by atoms with Gasteiger partial charge in [0.2, 0.25) is 0 Å². The van der Waals surface area contributed by atoms with Gasteiger partial charge >= 0.3 is 0 Å². The van der Waals surface area contributed by atoms with E-state index in [4.69, 9.17) is 0 Å². The predicted molar refractivity (Wildman–Crippen MR) is 63.3 cm³/mol. The Morgan fingerprint density at radius 2 is 2.35 bits per heavy atom. The molecule has 1 N–H and O–H groups in total. The van der Waals surface area contributed by atoms with Gasteiger partial charge in [-0.1, -0.05) is 0 Å². The van der Waals surface area contributed by atoms with Crippen molar-refractivity contribution in [1.82, 2.24) is 24.6 Å². The van der Waals surface area contributed by atoms with Crippen molar-refractivity contribution in [1.29, 1.82) is 0 Å². The van der Waals surface area contributed by atoms with Crippen LogP contribution in [0.1, 0.15) is 16.3 Å². The largest absolute Gasteiger partial charge is 0.356 e. The fourth-order valence-electron chi connectivity index (χ4n) is 1.90. The normalized spacial score (nSPS) is 14.8. The second-order valence-electron chi connectivity index (χ2n) is 3.90. The lowest BCUT2D eigenvalue weighted by atomic mass is 10.3. The summed E-state index contributed by atoms with van der Waals surface area (Å²) in [6.45, 7) is 1.94. The fourth-order valence-corrected chi connectivity index (χ4v) is 2.24. The molecule has 3 heterocycles. The minimum absolute atomic E-state index is 0.00931. The highest BCUT2D eigenvalue weighted by atomic mass is 79.9. The van der Waals surface area contributed by atoms with Crippen LogP contribution in [0.5, 0.6) is 0 Å². The van der Waals surface area contributed by atoms with E-state index in [0.29, 0.717) is 18.8 Å². The molecule has 0 atom stereocenters. The summed E-state index contributed by atoms with van der Waals surface area (Å²) in [6.07, 6.45) is 3.45. The molecule has 0 aromatic carbocycles. The molecule has 0 saturated heterocycles. The Morgan fingerprint density at radius 3 is 3.12 bits per heavy atom. The lowest BCUT2D eigenvalue weighted by Gasteiger charge is -2.26. The topological polar surface area (TPSA) is 66.8 Å². The molecule has 17 heavy (non-hydrogen) atoms. The van der Waals surface area contributed by atoms with Crippen molar-refractivity contribution in [2.75, 3.05) is 6.54 Å². The van der Waals surface area contributed by atoms with Crippen LogP contribution in [0.2, 0.25) is 0 Å². The summed E-state index contributed by atoms with van der Waals surface area (Å²) in [4.78, 5) is 16.9. The van der Waals surface area contributed by atoms with Crippen molar-refractivity contribution >= 4 is 21.8 Å². The van der Waals surface area contributed by atoms with E-state index in [1.54, 1.807) is 23.5 Å². The van der Waals surface area contributed by atoms with Gasteiger partial charge < -0.3 is 14.5 Å². The number of amides is 1. The number of carbonyl (C=O) groups is 1. The first-order chi connectivity index (χ1) is 8.24. The van der Waals surface area contributed by atoms with E-state index in [0.717, 1.165) is 16.8 Å². The monoisotopic (exact) mass is 295 g/mol. The van der Waals surface area contributed by atoms with E-state index in [1.165, 1.54) is 0 Å². The van der Waals surface area contributed by atoms with Crippen LogP contribution < -0.4 is 0 Å². The molecule has 0 fully saturated rings. The van der Waals surface area contributed by atoms with Crippen LogP contribution in [0.15, 0.2) is 23.1 Å². The number of nitrogens with zero attached hydrogens (tertiary/aromatic N) is 4. The van der Waals surface area contributed by atoms with E-state index < -0.39 is 0 Å². The van der Waals surface area contributed by atoms with Crippen molar-refractivity contribution < 1.29 is 4.79 Å². The highest BCUT2D eigenvalue weighted by molar-refractivity contribution is 9.10. The molecule has 6 nitrogen and oxygen atoms in total. The van der Waals surface area contributed by atoms with Crippen LogP contribution >= 0.6 is 15.9 Å². The van der Waals surface area contributed by atoms with Gasteiger partial charge in [0.25, 0.3) is 5.91 Å². The van der Waals surface area contributed by atoms with Crippen LogP contribution in [0, 0.1) is 0 Å². The SMILES string of the molecule is O=C(c1cc(Br)c[nH]1)N1CCn2cnnc2C1. The quantitative estimate of drug-likeness (QED) is 0.854. The second-order valence-corrected chi connectivity index (χ2v) is 4.81. The Balaban J connectivity index is 1.81. The van der Waals surface area contributed by atoms with E-state index in [2.05, 4.69) is 31.1 Å². The van der Waals surface area contributed by atoms with Gasteiger partial charge in [0, 0.05) is 23.8 Å². The summed E-state index contributed by atoms with van der Waals surface area (Å²) in [6, 6.07) is 1.78. The van der Waals surface area contributed by atoms with Crippen LogP contribution in [-0.2, 0) is 13.1 Å². The number of hydrogen-bond donors (Lipinski definition) is 1. The summed E-state index contributed by atoms with van der Waals surface area (Å²) < 4.78 is 2.84. The molecule has 0 spiro atoms. The lowest BCUT2D eigenvalue weighted by Crippen LogP contribution is -2.38. The minimum atomic E-state index is -0.00931. The van der Waals surface area contributed by atoms with Gasteiger partial charge in [-0.05, 0) is 22.0 Å². The van der Waals surface area contributed by atoms with Gasteiger partial charge in [-0.2, -0.15) is 0 Å². The standard InChI is InChI=1S/C10H10BrN5O/c11-7-3-8(12-4-7)10(17)15-1-2-16-6-13-14-9(16)5-15/h3-4,6,12H,1-2,5H2. The van der Waals surface area contributed by atoms with Crippen molar-refractivity contribution in [2.24, 2.45) is 0 Å². The predicted octanol–water partition coefficient (Wildman–Crippen LogP) is 1.02. The molecule has 1 aliphatic rings. The molecule has 88 valence electrons. The molecule has 7 heteroatoms. The van der Waals surface area contributed by atoms with Crippen molar-refractivity contribution in [3.8, 4) is 0 Å². The van der Waals surface area contributed by atoms with Gasteiger partial charge in [0.15, 0.2) is 5.82 Å². The third-order valence-corrected chi connectivity index (χ3v) is 3.26. The molecule has 2 aromatic rings. The Kier molecular flexibility index (Phi) is 2.47. The first-order valence-corrected chi connectivity index (χ1v) is 6.03. The maximum Gasteiger partial charge on any atom is 0.270 e. The molecule has 0 saturated carbocycles. The number of fused-ring (bicyclic) bond motifs is 1. The van der Waals surface area contributed by atoms with Crippen LogP contribution in [0.4, 0.5) is 0 Å². The molecular formula is C10H10BrN5O. The number of rotatable bonds is 1. The molecule has 0 bridgehead atoms. The number of hydrogen-bond acceptors (Lipinski definition) is 3. The van der Waals surface area contributed by atoms with E-state index in [-0.39, 0.29) is 5.91 Å². The van der Waals surface area contributed by atoms with Gasteiger partial charge in [0.05, 0.1) is 6.54 Å². The molecule has 3 rings (SSSR count). The van der Waals surface area contributed by atoms with Crippen molar-refractivity contribution in [3.63, 3.8) is 0 Å². The van der Waals surface area contributed by atoms with Crippen LogP contribution in [-0.4, -0.2) is 37.1 Å². The average Bonchev–Trinajstić information content (AvgIpc) is 2.95. The number of aromatic amines is 1. The molecule has 0 unspecified atom stereocenters. The molecular weight excluding hydrogens is 286 g/mol. The first kappa shape index (κ1) is 10.5. The Morgan fingerprint density at radius 1 is 1.47 bits per heavy atom. The smallest absolute Gasteiger partial charge is 0.270 e. The average molecular weight is 296 g/mol. The fraction of sp³-hybridized carbons (Fsp3) is 0.300. The van der Waals surface area contributed by atoms with Crippen molar-refractivity contribution in [2.45, 2.75) is 13.1 Å². The summed E-state index contributed by atoms with van der Waals surface area (Å²) in [5.74, 6) is 0.820. The summed E-state index contributed by atoms with van der Waals surface area (Å²) >= 11 is 3.32. The van der Waals surface area contributed by atoms with Gasteiger partial charge in [-0.15, -0.1) is 10.2 Å². The molecule has 1 aliphatic heterocycles. The lowest BCUT2D eigenvalue weighted by molar-refractivity contribution is 0.0702. The van der Waals surface area contributed by atoms with Crippen LogP contribution in [0.25, 0.3) is 0 Å². The zero-order valence-electron chi connectivity index (χ0n) is 8.93. The Hall–Kier alpha value is -1.63.